The molecule has 2 aliphatic rings. The minimum absolute atomic E-state index is 0.0424. The Bertz CT molecular complexity index is 969. The molecule has 0 spiro atoms. The highest BCUT2D eigenvalue weighted by Gasteiger charge is 2.43. The second-order valence-corrected chi connectivity index (χ2v) is 6.38. The number of amides is 3. The topological polar surface area (TPSA) is 95.8 Å². The fourth-order valence-corrected chi connectivity index (χ4v) is 3.43. The summed E-state index contributed by atoms with van der Waals surface area (Å²) >= 11 is 0. The quantitative estimate of drug-likeness (QED) is 0.669. The predicted molar refractivity (Wildman–Crippen MR) is 98.0 cm³/mol. The van der Waals surface area contributed by atoms with Gasteiger partial charge < -0.3 is 10.2 Å². The molecule has 0 saturated carbocycles. The van der Waals surface area contributed by atoms with Crippen molar-refractivity contribution < 1.29 is 14.5 Å². The van der Waals surface area contributed by atoms with E-state index in [1.807, 2.05) is 30.3 Å². The Balaban J connectivity index is 1.72. The first-order chi connectivity index (χ1) is 13.0. The molecule has 0 radical (unpaired) electrons. The zero-order chi connectivity index (χ0) is 19.1. The minimum Gasteiger partial charge on any atom is -0.327 e. The summed E-state index contributed by atoms with van der Waals surface area (Å²) in [5.41, 5.74) is 2.48. The molecule has 2 aromatic rings. The summed E-state index contributed by atoms with van der Waals surface area (Å²) in [5.74, 6) is -0.223. The molecular formula is C19H16N4O4. The first-order valence-corrected chi connectivity index (χ1v) is 8.36. The molecule has 2 aromatic carbocycles. The number of nitrogens with one attached hydrogen (secondary N) is 1. The van der Waals surface area contributed by atoms with Crippen molar-refractivity contribution in [3.05, 3.63) is 81.5 Å². The summed E-state index contributed by atoms with van der Waals surface area (Å²) in [7, 11) is 1.62. The lowest BCUT2D eigenvalue weighted by Gasteiger charge is -2.31. The summed E-state index contributed by atoms with van der Waals surface area (Å²) in [6.45, 7) is 0.235. The van der Waals surface area contributed by atoms with Gasteiger partial charge in [0.15, 0.2) is 0 Å². The first-order valence-electron chi connectivity index (χ1n) is 8.36. The van der Waals surface area contributed by atoms with Crippen LogP contribution in [-0.2, 0) is 4.79 Å². The Hall–Kier alpha value is -3.68. The van der Waals surface area contributed by atoms with Gasteiger partial charge in [-0.15, -0.1) is 0 Å². The van der Waals surface area contributed by atoms with Crippen molar-refractivity contribution in [2.24, 2.45) is 0 Å². The Morgan fingerprint density at radius 3 is 2.37 bits per heavy atom. The van der Waals surface area contributed by atoms with Crippen molar-refractivity contribution in [2.45, 2.75) is 6.04 Å². The van der Waals surface area contributed by atoms with Crippen LogP contribution in [0.15, 0.2) is 65.9 Å². The number of anilines is 1. The average Bonchev–Trinajstić information content (AvgIpc) is 3.03. The molecule has 27 heavy (non-hydrogen) atoms. The Labute approximate surface area is 154 Å². The van der Waals surface area contributed by atoms with Gasteiger partial charge in [-0.2, -0.15) is 0 Å². The fourth-order valence-electron chi connectivity index (χ4n) is 3.43. The third-order valence-electron chi connectivity index (χ3n) is 4.87. The van der Waals surface area contributed by atoms with E-state index in [0.29, 0.717) is 17.0 Å². The maximum Gasteiger partial charge on any atom is 0.322 e. The zero-order valence-corrected chi connectivity index (χ0v) is 14.5. The van der Waals surface area contributed by atoms with Crippen molar-refractivity contribution >= 4 is 23.3 Å². The zero-order valence-electron chi connectivity index (χ0n) is 14.5. The molecular weight excluding hydrogens is 348 g/mol. The second kappa shape index (κ2) is 6.24. The number of nitro benzene ring substituents is 1. The molecule has 136 valence electrons. The molecule has 0 aliphatic carbocycles. The minimum atomic E-state index is -0.527. The number of carbonyl (C=O) groups is 2. The summed E-state index contributed by atoms with van der Waals surface area (Å²) in [4.78, 5) is 38.8. The molecule has 1 N–H and O–H groups in total. The van der Waals surface area contributed by atoms with Crippen LogP contribution in [0.4, 0.5) is 16.2 Å². The molecule has 4 rings (SSSR count). The van der Waals surface area contributed by atoms with E-state index in [9.17, 15) is 19.7 Å². The standard InChI is InChI=1S/C19H16N4O4/c1-21-15-11-22(13-7-9-14(10-8-13)23(26)27)18(24)16(15)17(20-19(21)25)12-5-3-2-4-6-12/h2-10,17H,11H2,1H3,(H,20,25). The van der Waals surface area contributed by atoms with Gasteiger partial charge in [-0.25, -0.2) is 4.79 Å². The Morgan fingerprint density at radius 1 is 1.07 bits per heavy atom. The van der Waals surface area contributed by atoms with Gasteiger partial charge in [0.05, 0.1) is 28.8 Å². The summed E-state index contributed by atoms with van der Waals surface area (Å²) in [5, 5.41) is 13.7. The molecule has 3 amide bonds. The van der Waals surface area contributed by atoms with E-state index in [4.69, 9.17) is 0 Å². The molecule has 0 fully saturated rings. The third-order valence-corrected chi connectivity index (χ3v) is 4.87. The number of hydrogen-bond donors (Lipinski definition) is 1. The third kappa shape index (κ3) is 2.71. The Morgan fingerprint density at radius 2 is 1.74 bits per heavy atom. The number of rotatable bonds is 3. The van der Waals surface area contributed by atoms with Gasteiger partial charge in [0.1, 0.15) is 0 Å². The number of hydrogen-bond acceptors (Lipinski definition) is 4. The van der Waals surface area contributed by atoms with Gasteiger partial charge >= 0.3 is 6.03 Å². The van der Waals surface area contributed by atoms with Gasteiger partial charge in [0.2, 0.25) is 0 Å². The first kappa shape index (κ1) is 16.8. The van der Waals surface area contributed by atoms with Crippen LogP contribution in [0.3, 0.4) is 0 Å². The van der Waals surface area contributed by atoms with Crippen LogP contribution in [0.5, 0.6) is 0 Å². The molecule has 8 heteroatoms. The molecule has 0 bridgehead atoms. The van der Waals surface area contributed by atoms with E-state index in [0.717, 1.165) is 5.56 Å². The maximum atomic E-state index is 13.2. The Kier molecular flexibility index (Phi) is 3.88. The van der Waals surface area contributed by atoms with Crippen LogP contribution in [0.2, 0.25) is 0 Å². The highest BCUT2D eigenvalue weighted by Crippen LogP contribution is 2.37. The van der Waals surface area contributed by atoms with Gasteiger partial charge in [0, 0.05) is 24.9 Å². The lowest BCUT2D eigenvalue weighted by atomic mass is 9.96. The van der Waals surface area contributed by atoms with Crippen LogP contribution in [-0.4, -0.2) is 35.4 Å². The summed E-state index contributed by atoms with van der Waals surface area (Å²) in [6.07, 6.45) is 0. The van der Waals surface area contributed by atoms with Gasteiger partial charge in [-0.3, -0.25) is 19.8 Å². The van der Waals surface area contributed by atoms with Crippen LogP contribution in [0.1, 0.15) is 11.6 Å². The van der Waals surface area contributed by atoms with Crippen molar-refractivity contribution in [3.63, 3.8) is 0 Å². The maximum absolute atomic E-state index is 13.2. The number of nitro groups is 1. The molecule has 0 saturated heterocycles. The van der Waals surface area contributed by atoms with Gasteiger partial charge in [-0.05, 0) is 17.7 Å². The normalized spacial score (nSPS) is 19.2. The highest BCUT2D eigenvalue weighted by atomic mass is 16.6. The van der Waals surface area contributed by atoms with E-state index in [-0.39, 0.29) is 24.2 Å². The summed E-state index contributed by atoms with van der Waals surface area (Å²) < 4.78 is 0. The van der Waals surface area contributed by atoms with E-state index in [2.05, 4.69) is 5.32 Å². The molecule has 1 atom stereocenters. The molecule has 1 unspecified atom stereocenters. The van der Waals surface area contributed by atoms with Gasteiger partial charge in [-0.1, -0.05) is 30.3 Å². The number of non-ortho nitro benzene ring substituents is 1. The van der Waals surface area contributed by atoms with Crippen molar-refractivity contribution in [3.8, 4) is 0 Å². The number of nitrogens with zero attached hydrogens (tertiary/aromatic N) is 3. The van der Waals surface area contributed by atoms with E-state index < -0.39 is 11.0 Å². The number of carbonyl (C=O) groups excluding carboxylic acids is 2. The average molecular weight is 364 g/mol. The smallest absolute Gasteiger partial charge is 0.322 e. The monoisotopic (exact) mass is 364 g/mol. The lowest BCUT2D eigenvalue weighted by Crippen LogP contribution is -2.45. The molecule has 8 nitrogen and oxygen atoms in total. The predicted octanol–water partition coefficient (Wildman–Crippen LogP) is 2.59. The highest BCUT2D eigenvalue weighted by molar-refractivity contribution is 6.11. The van der Waals surface area contributed by atoms with Crippen LogP contribution >= 0.6 is 0 Å². The van der Waals surface area contributed by atoms with E-state index >= 15 is 0 Å². The fraction of sp³-hybridized carbons (Fsp3) is 0.158. The van der Waals surface area contributed by atoms with Crippen LogP contribution < -0.4 is 10.2 Å². The van der Waals surface area contributed by atoms with E-state index in [1.54, 1.807) is 19.2 Å². The second-order valence-electron chi connectivity index (χ2n) is 6.38. The van der Waals surface area contributed by atoms with Crippen LogP contribution in [0, 0.1) is 10.1 Å². The number of likely N-dealkylation sites (N-methyl/N-ethyl adjacent to an activating group) is 1. The van der Waals surface area contributed by atoms with Crippen molar-refractivity contribution in [1.82, 2.24) is 10.2 Å². The van der Waals surface area contributed by atoms with Crippen molar-refractivity contribution in [2.75, 3.05) is 18.5 Å². The molecule has 0 aromatic heterocycles. The van der Waals surface area contributed by atoms with Crippen LogP contribution in [0.25, 0.3) is 0 Å². The van der Waals surface area contributed by atoms with Gasteiger partial charge in [0.25, 0.3) is 11.6 Å². The largest absolute Gasteiger partial charge is 0.327 e. The lowest BCUT2D eigenvalue weighted by molar-refractivity contribution is -0.384. The molecule has 2 heterocycles. The van der Waals surface area contributed by atoms with E-state index in [1.165, 1.54) is 21.9 Å². The van der Waals surface area contributed by atoms with Crippen molar-refractivity contribution in [1.29, 1.82) is 0 Å². The number of urea groups is 1. The summed E-state index contributed by atoms with van der Waals surface area (Å²) in [6, 6.07) is 14.3. The molecule has 2 aliphatic heterocycles. The SMILES string of the molecule is CN1C(=O)NC(c2ccccc2)C2=C1CN(c1ccc([N+](=O)[O-])cc1)C2=O. The number of benzene rings is 2.